The van der Waals surface area contributed by atoms with E-state index in [1.54, 1.807) is 0 Å². The van der Waals surface area contributed by atoms with Crippen molar-refractivity contribution >= 4 is 0 Å². The van der Waals surface area contributed by atoms with Gasteiger partial charge in [0.2, 0.25) is 0 Å². The Morgan fingerprint density at radius 2 is 1.94 bits per heavy atom. The first-order chi connectivity index (χ1) is 7.72. The molecule has 96 valence electrons. The molecule has 0 aromatic heterocycles. The molecule has 0 amide bonds. The van der Waals surface area contributed by atoms with Gasteiger partial charge >= 0.3 is 0 Å². The van der Waals surface area contributed by atoms with Crippen molar-refractivity contribution in [3.05, 3.63) is 0 Å². The summed E-state index contributed by atoms with van der Waals surface area (Å²) in [6.45, 7) is 6.57. The SMILES string of the molecule is CCCCCOC1(CNC)CCC(C)CC1. The molecule has 0 spiro atoms. The predicted octanol–water partition coefficient (Wildman–Crippen LogP) is 3.36. The van der Waals surface area contributed by atoms with Gasteiger partial charge in [-0.15, -0.1) is 0 Å². The van der Waals surface area contributed by atoms with Crippen molar-refractivity contribution < 1.29 is 4.74 Å². The number of hydrogen-bond acceptors (Lipinski definition) is 2. The van der Waals surface area contributed by atoms with E-state index < -0.39 is 0 Å². The number of unbranched alkanes of at least 4 members (excludes halogenated alkanes) is 2. The monoisotopic (exact) mass is 227 g/mol. The third-order valence-corrected chi connectivity index (χ3v) is 3.84. The van der Waals surface area contributed by atoms with Crippen LogP contribution in [0.4, 0.5) is 0 Å². The van der Waals surface area contributed by atoms with E-state index in [4.69, 9.17) is 4.74 Å². The van der Waals surface area contributed by atoms with Gasteiger partial charge in [-0.3, -0.25) is 0 Å². The Bertz CT molecular complexity index is 174. The smallest absolute Gasteiger partial charge is 0.0806 e. The molecule has 0 aliphatic heterocycles. The van der Waals surface area contributed by atoms with Gasteiger partial charge in [0, 0.05) is 13.2 Å². The fraction of sp³-hybridized carbons (Fsp3) is 1.00. The van der Waals surface area contributed by atoms with Crippen LogP contribution in [0.3, 0.4) is 0 Å². The average molecular weight is 227 g/mol. The van der Waals surface area contributed by atoms with Crippen LogP contribution in [-0.2, 0) is 4.74 Å². The lowest BCUT2D eigenvalue weighted by atomic mass is 9.79. The van der Waals surface area contributed by atoms with E-state index in [0.29, 0.717) is 0 Å². The maximum absolute atomic E-state index is 6.20. The van der Waals surface area contributed by atoms with Crippen LogP contribution in [0.15, 0.2) is 0 Å². The van der Waals surface area contributed by atoms with Gasteiger partial charge in [-0.05, 0) is 45.1 Å². The summed E-state index contributed by atoms with van der Waals surface area (Å²) in [7, 11) is 2.04. The maximum Gasteiger partial charge on any atom is 0.0806 e. The Morgan fingerprint density at radius 3 is 2.50 bits per heavy atom. The van der Waals surface area contributed by atoms with E-state index in [9.17, 15) is 0 Å². The van der Waals surface area contributed by atoms with Crippen molar-refractivity contribution in [3.8, 4) is 0 Å². The quantitative estimate of drug-likeness (QED) is 0.673. The minimum atomic E-state index is 0.148. The van der Waals surface area contributed by atoms with Crippen LogP contribution in [0.1, 0.15) is 58.8 Å². The molecule has 1 aliphatic rings. The number of hydrogen-bond donors (Lipinski definition) is 1. The van der Waals surface area contributed by atoms with Gasteiger partial charge in [-0.2, -0.15) is 0 Å². The Hall–Kier alpha value is -0.0800. The van der Waals surface area contributed by atoms with Crippen LogP contribution >= 0.6 is 0 Å². The fourth-order valence-electron chi connectivity index (χ4n) is 2.62. The zero-order valence-corrected chi connectivity index (χ0v) is 11.3. The molecule has 0 unspecified atom stereocenters. The minimum Gasteiger partial charge on any atom is -0.374 e. The number of nitrogens with one attached hydrogen (secondary N) is 1. The van der Waals surface area contributed by atoms with E-state index >= 15 is 0 Å². The Labute approximate surface area is 101 Å². The van der Waals surface area contributed by atoms with E-state index in [0.717, 1.165) is 19.1 Å². The summed E-state index contributed by atoms with van der Waals surface area (Å²) in [5, 5.41) is 3.31. The normalized spacial score (nSPS) is 30.6. The zero-order valence-electron chi connectivity index (χ0n) is 11.3. The first-order valence-electron chi connectivity index (χ1n) is 7.01. The Balaban J connectivity index is 2.33. The molecule has 1 N–H and O–H groups in total. The Morgan fingerprint density at radius 1 is 1.25 bits per heavy atom. The van der Waals surface area contributed by atoms with Crippen LogP contribution in [0.5, 0.6) is 0 Å². The van der Waals surface area contributed by atoms with Crippen LogP contribution < -0.4 is 5.32 Å². The maximum atomic E-state index is 6.20. The molecule has 0 saturated heterocycles. The van der Waals surface area contributed by atoms with E-state index in [1.807, 2.05) is 7.05 Å². The topological polar surface area (TPSA) is 21.3 Å². The molecule has 0 atom stereocenters. The number of rotatable bonds is 7. The fourth-order valence-corrected chi connectivity index (χ4v) is 2.62. The first-order valence-corrected chi connectivity index (χ1v) is 7.01. The molecule has 0 aromatic carbocycles. The molecule has 0 radical (unpaired) electrons. The summed E-state index contributed by atoms with van der Waals surface area (Å²) in [4.78, 5) is 0. The largest absolute Gasteiger partial charge is 0.374 e. The van der Waals surface area contributed by atoms with Crippen molar-refractivity contribution in [3.63, 3.8) is 0 Å². The second kappa shape index (κ2) is 7.29. The van der Waals surface area contributed by atoms with Crippen molar-refractivity contribution in [2.75, 3.05) is 20.2 Å². The van der Waals surface area contributed by atoms with Gasteiger partial charge in [0.15, 0.2) is 0 Å². The van der Waals surface area contributed by atoms with Gasteiger partial charge in [0.05, 0.1) is 5.60 Å². The molecule has 2 heteroatoms. The highest BCUT2D eigenvalue weighted by Gasteiger charge is 2.34. The van der Waals surface area contributed by atoms with Crippen LogP contribution in [0.25, 0.3) is 0 Å². The molecule has 1 rings (SSSR count). The van der Waals surface area contributed by atoms with Gasteiger partial charge < -0.3 is 10.1 Å². The predicted molar refractivity (Wildman–Crippen MR) is 69.8 cm³/mol. The summed E-state index contributed by atoms with van der Waals surface area (Å²) in [5.74, 6) is 0.893. The summed E-state index contributed by atoms with van der Waals surface area (Å²) in [6, 6.07) is 0. The lowest BCUT2D eigenvalue weighted by molar-refractivity contribution is -0.0753. The highest BCUT2D eigenvalue weighted by molar-refractivity contribution is 4.88. The van der Waals surface area contributed by atoms with E-state index in [-0.39, 0.29) is 5.60 Å². The Kier molecular flexibility index (Phi) is 6.37. The average Bonchev–Trinajstić information content (AvgIpc) is 2.29. The van der Waals surface area contributed by atoms with E-state index in [1.165, 1.54) is 44.9 Å². The molecular weight excluding hydrogens is 198 g/mol. The number of likely N-dealkylation sites (N-methyl/N-ethyl adjacent to an activating group) is 1. The zero-order chi connectivity index (χ0) is 11.9. The molecule has 0 heterocycles. The third-order valence-electron chi connectivity index (χ3n) is 3.84. The van der Waals surface area contributed by atoms with Gasteiger partial charge in [0.25, 0.3) is 0 Å². The molecule has 16 heavy (non-hydrogen) atoms. The molecular formula is C14H29NO. The summed E-state index contributed by atoms with van der Waals surface area (Å²) in [6.07, 6.45) is 8.93. The molecule has 2 nitrogen and oxygen atoms in total. The van der Waals surface area contributed by atoms with Gasteiger partial charge in [-0.25, -0.2) is 0 Å². The summed E-state index contributed by atoms with van der Waals surface area (Å²) < 4.78 is 6.20. The lowest BCUT2D eigenvalue weighted by Gasteiger charge is -2.39. The molecule has 1 aliphatic carbocycles. The first kappa shape index (κ1) is 14.0. The van der Waals surface area contributed by atoms with Crippen LogP contribution in [0.2, 0.25) is 0 Å². The molecule has 1 fully saturated rings. The highest BCUT2D eigenvalue weighted by Crippen LogP contribution is 2.34. The van der Waals surface area contributed by atoms with Crippen molar-refractivity contribution in [2.45, 2.75) is 64.4 Å². The molecule has 1 saturated carbocycles. The lowest BCUT2D eigenvalue weighted by Crippen LogP contribution is -2.45. The second-order valence-electron chi connectivity index (χ2n) is 5.45. The third kappa shape index (κ3) is 4.42. The summed E-state index contributed by atoms with van der Waals surface area (Å²) in [5.41, 5.74) is 0.148. The standard InChI is InChI=1S/C14H29NO/c1-4-5-6-11-16-14(12-15-3)9-7-13(2)8-10-14/h13,15H,4-12H2,1-3H3. The van der Waals surface area contributed by atoms with Crippen LogP contribution in [0, 0.1) is 5.92 Å². The van der Waals surface area contributed by atoms with Crippen molar-refractivity contribution in [1.29, 1.82) is 0 Å². The minimum absolute atomic E-state index is 0.148. The van der Waals surface area contributed by atoms with Crippen molar-refractivity contribution in [2.24, 2.45) is 5.92 Å². The second-order valence-corrected chi connectivity index (χ2v) is 5.45. The van der Waals surface area contributed by atoms with Gasteiger partial charge in [-0.1, -0.05) is 26.7 Å². The summed E-state index contributed by atoms with van der Waals surface area (Å²) >= 11 is 0. The van der Waals surface area contributed by atoms with Crippen molar-refractivity contribution in [1.82, 2.24) is 5.32 Å². The van der Waals surface area contributed by atoms with E-state index in [2.05, 4.69) is 19.2 Å². The van der Waals surface area contributed by atoms with Gasteiger partial charge in [0.1, 0.15) is 0 Å². The molecule has 0 bridgehead atoms. The molecule has 0 aromatic rings. The number of ether oxygens (including phenoxy) is 1. The van der Waals surface area contributed by atoms with Crippen LogP contribution in [-0.4, -0.2) is 25.8 Å². The highest BCUT2D eigenvalue weighted by atomic mass is 16.5.